The number of rotatable bonds is 10. The van der Waals surface area contributed by atoms with E-state index in [2.05, 4.69) is 13.8 Å². The molecule has 4 heteroatoms. The first-order chi connectivity index (χ1) is 9.62. The predicted molar refractivity (Wildman–Crippen MR) is 79.3 cm³/mol. The molecule has 20 heavy (non-hydrogen) atoms. The van der Waals surface area contributed by atoms with Crippen molar-refractivity contribution < 1.29 is 19.1 Å². The molecule has 0 fully saturated rings. The van der Waals surface area contributed by atoms with Crippen LogP contribution in [0.3, 0.4) is 0 Å². The first kappa shape index (κ1) is 18.7. The highest BCUT2D eigenvalue weighted by Gasteiger charge is 2.21. The largest absolute Gasteiger partial charge is 0.466 e. The molecule has 0 radical (unpaired) electrons. The van der Waals surface area contributed by atoms with Gasteiger partial charge in [-0.2, -0.15) is 0 Å². The molecular formula is C16H28O4. The number of carbonyl (C=O) groups is 2. The van der Waals surface area contributed by atoms with E-state index in [1.807, 2.05) is 0 Å². The zero-order chi connectivity index (χ0) is 15.4. The maximum absolute atomic E-state index is 11.9. The molecule has 0 bridgehead atoms. The van der Waals surface area contributed by atoms with Gasteiger partial charge >= 0.3 is 11.9 Å². The van der Waals surface area contributed by atoms with Crippen molar-refractivity contribution >= 4 is 11.9 Å². The highest BCUT2D eigenvalue weighted by Crippen LogP contribution is 2.21. The molecule has 0 aliphatic heterocycles. The van der Waals surface area contributed by atoms with Gasteiger partial charge in [0.1, 0.15) is 0 Å². The Labute approximate surface area is 122 Å². The Morgan fingerprint density at radius 3 is 1.30 bits per heavy atom. The predicted octanol–water partition coefficient (Wildman–Crippen LogP) is 3.79. The van der Waals surface area contributed by atoms with Crippen molar-refractivity contribution in [3.63, 3.8) is 0 Å². The van der Waals surface area contributed by atoms with E-state index in [1.54, 1.807) is 0 Å². The normalized spacial score (nSPS) is 11.8. The van der Waals surface area contributed by atoms with Crippen molar-refractivity contribution in [1.29, 1.82) is 0 Å². The molecule has 0 aromatic heterocycles. The molecule has 0 N–H and O–H groups in total. The summed E-state index contributed by atoms with van der Waals surface area (Å²) in [5.74, 6) is -0.809. The average Bonchev–Trinajstić information content (AvgIpc) is 2.47. The lowest BCUT2D eigenvalue weighted by molar-refractivity contribution is -0.139. The van der Waals surface area contributed by atoms with E-state index < -0.39 is 11.9 Å². The maximum Gasteiger partial charge on any atom is 0.334 e. The SMILES string of the molecule is CCCCC/C(C(=O)OC)=C(\CCCCC)C(=O)OC. The molecule has 0 amide bonds. The van der Waals surface area contributed by atoms with Crippen molar-refractivity contribution in [3.05, 3.63) is 11.1 Å². The fourth-order valence-corrected chi connectivity index (χ4v) is 2.10. The average molecular weight is 284 g/mol. The van der Waals surface area contributed by atoms with Crippen LogP contribution >= 0.6 is 0 Å². The van der Waals surface area contributed by atoms with Crippen LogP contribution in [0, 0.1) is 0 Å². The van der Waals surface area contributed by atoms with Gasteiger partial charge in [-0.3, -0.25) is 0 Å². The third-order valence-electron chi connectivity index (χ3n) is 3.29. The molecule has 0 aliphatic carbocycles. The van der Waals surface area contributed by atoms with Gasteiger partial charge in [0.2, 0.25) is 0 Å². The van der Waals surface area contributed by atoms with Crippen molar-refractivity contribution in [2.75, 3.05) is 14.2 Å². The molecule has 0 spiro atoms. The van der Waals surface area contributed by atoms with Crippen LogP contribution in [0.15, 0.2) is 11.1 Å². The van der Waals surface area contributed by atoms with Crippen LogP contribution in [-0.4, -0.2) is 26.2 Å². The van der Waals surface area contributed by atoms with Crippen LogP contribution in [-0.2, 0) is 19.1 Å². The van der Waals surface area contributed by atoms with Gasteiger partial charge in [0.25, 0.3) is 0 Å². The highest BCUT2D eigenvalue weighted by atomic mass is 16.5. The molecule has 0 aromatic rings. The van der Waals surface area contributed by atoms with Gasteiger partial charge < -0.3 is 9.47 Å². The molecule has 0 aliphatic rings. The first-order valence-corrected chi connectivity index (χ1v) is 7.50. The Hall–Kier alpha value is -1.32. The summed E-state index contributed by atoms with van der Waals surface area (Å²) >= 11 is 0. The van der Waals surface area contributed by atoms with Crippen molar-refractivity contribution in [1.82, 2.24) is 0 Å². The molecule has 4 nitrogen and oxygen atoms in total. The number of ether oxygens (including phenoxy) is 2. The number of hydrogen-bond acceptors (Lipinski definition) is 4. The van der Waals surface area contributed by atoms with E-state index in [1.165, 1.54) is 14.2 Å². The molecule has 0 heterocycles. The van der Waals surface area contributed by atoms with Crippen molar-refractivity contribution in [2.24, 2.45) is 0 Å². The molecule has 0 saturated heterocycles. The lowest BCUT2D eigenvalue weighted by atomic mass is 9.97. The van der Waals surface area contributed by atoms with Crippen LogP contribution in [0.4, 0.5) is 0 Å². The zero-order valence-electron chi connectivity index (χ0n) is 13.3. The van der Waals surface area contributed by atoms with Crippen molar-refractivity contribution in [2.45, 2.75) is 65.2 Å². The lowest BCUT2D eigenvalue weighted by Crippen LogP contribution is -2.15. The summed E-state index contributed by atoms with van der Waals surface area (Å²) < 4.78 is 9.64. The topological polar surface area (TPSA) is 52.6 Å². The summed E-state index contributed by atoms with van der Waals surface area (Å²) in [6, 6.07) is 0. The van der Waals surface area contributed by atoms with Crippen LogP contribution < -0.4 is 0 Å². The van der Waals surface area contributed by atoms with E-state index in [4.69, 9.17) is 9.47 Å². The minimum absolute atomic E-state index is 0.405. The molecule has 116 valence electrons. The second kappa shape index (κ2) is 11.5. The molecule has 0 aromatic carbocycles. The van der Waals surface area contributed by atoms with Crippen LogP contribution in [0.5, 0.6) is 0 Å². The number of methoxy groups -OCH3 is 2. The standard InChI is InChI=1S/C16H28O4/c1-5-7-9-11-13(15(17)19-3)14(16(18)20-4)12-10-8-6-2/h5-12H2,1-4H3/b14-13-. The molecule has 0 saturated carbocycles. The Morgan fingerprint density at radius 1 is 0.700 bits per heavy atom. The quantitative estimate of drug-likeness (QED) is 0.348. The van der Waals surface area contributed by atoms with Gasteiger partial charge in [-0.1, -0.05) is 39.5 Å². The second-order valence-corrected chi connectivity index (χ2v) is 4.85. The van der Waals surface area contributed by atoms with Gasteiger partial charge in [0.15, 0.2) is 0 Å². The monoisotopic (exact) mass is 284 g/mol. The van der Waals surface area contributed by atoms with Crippen LogP contribution in [0.1, 0.15) is 65.2 Å². The Bertz CT molecular complexity index is 299. The smallest absolute Gasteiger partial charge is 0.334 e. The van der Waals surface area contributed by atoms with Crippen LogP contribution in [0.25, 0.3) is 0 Å². The van der Waals surface area contributed by atoms with Gasteiger partial charge in [-0.05, 0) is 25.7 Å². The molecule has 0 atom stereocenters. The minimum Gasteiger partial charge on any atom is -0.466 e. The highest BCUT2D eigenvalue weighted by molar-refractivity contribution is 6.00. The van der Waals surface area contributed by atoms with Gasteiger partial charge in [-0.25, -0.2) is 9.59 Å². The van der Waals surface area contributed by atoms with E-state index in [0.29, 0.717) is 24.0 Å². The molecular weight excluding hydrogens is 256 g/mol. The minimum atomic E-state index is -0.405. The van der Waals surface area contributed by atoms with E-state index in [-0.39, 0.29) is 0 Å². The number of esters is 2. The summed E-state index contributed by atoms with van der Waals surface area (Å²) in [4.78, 5) is 23.8. The lowest BCUT2D eigenvalue weighted by Gasteiger charge is -2.12. The summed E-state index contributed by atoms with van der Waals surface area (Å²) in [5.41, 5.74) is 0.979. The Kier molecular flexibility index (Phi) is 10.7. The van der Waals surface area contributed by atoms with E-state index in [9.17, 15) is 9.59 Å². The van der Waals surface area contributed by atoms with Gasteiger partial charge in [-0.15, -0.1) is 0 Å². The summed E-state index contributed by atoms with van der Waals surface area (Å²) in [7, 11) is 2.70. The maximum atomic E-state index is 11.9. The van der Waals surface area contributed by atoms with E-state index >= 15 is 0 Å². The van der Waals surface area contributed by atoms with Crippen LogP contribution in [0.2, 0.25) is 0 Å². The number of carbonyl (C=O) groups excluding carboxylic acids is 2. The molecule has 0 rings (SSSR count). The fourth-order valence-electron chi connectivity index (χ4n) is 2.10. The Balaban J connectivity index is 5.12. The van der Waals surface area contributed by atoms with Gasteiger partial charge in [0, 0.05) is 11.1 Å². The summed E-state index contributed by atoms with van der Waals surface area (Å²) in [6.07, 6.45) is 7.13. The first-order valence-electron chi connectivity index (χ1n) is 7.50. The third-order valence-corrected chi connectivity index (χ3v) is 3.29. The summed E-state index contributed by atoms with van der Waals surface area (Å²) in [5, 5.41) is 0. The molecule has 0 unspecified atom stereocenters. The summed E-state index contributed by atoms with van der Waals surface area (Å²) in [6.45, 7) is 4.20. The fraction of sp³-hybridized carbons (Fsp3) is 0.750. The van der Waals surface area contributed by atoms with Gasteiger partial charge in [0.05, 0.1) is 14.2 Å². The number of hydrogen-bond donors (Lipinski definition) is 0. The number of unbranched alkanes of at least 4 members (excludes halogenated alkanes) is 4. The van der Waals surface area contributed by atoms with E-state index in [0.717, 1.165) is 38.5 Å². The second-order valence-electron chi connectivity index (χ2n) is 4.85. The Morgan fingerprint density at radius 2 is 1.05 bits per heavy atom. The zero-order valence-corrected chi connectivity index (χ0v) is 13.3. The van der Waals surface area contributed by atoms with Crippen molar-refractivity contribution in [3.8, 4) is 0 Å². The third kappa shape index (κ3) is 6.73.